The topological polar surface area (TPSA) is 296 Å². The molecule has 0 unspecified atom stereocenters. The number of aryl methyl sites for hydroxylation is 1. The summed E-state index contributed by atoms with van der Waals surface area (Å²) < 4.78 is 125. The van der Waals surface area contributed by atoms with Gasteiger partial charge in [0.2, 0.25) is 19.7 Å². The van der Waals surface area contributed by atoms with Gasteiger partial charge in [-0.15, -0.1) is 0 Å². The molecule has 0 fully saturated rings. The Morgan fingerprint density at radius 3 is 1.02 bits per heavy atom. The van der Waals surface area contributed by atoms with Crippen LogP contribution in [0.25, 0.3) is 11.1 Å². The van der Waals surface area contributed by atoms with Gasteiger partial charge in [0.15, 0.2) is 0 Å². The molecule has 1 heterocycles. The molecule has 26 heteroatoms. The van der Waals surface area contributed by atoms with Crippen LogP contribution in [0.3, 0.4) is 0 Å². The fourth-order valence-electron chi connectivity index (χ4n) is 14.1. The summed E-state index contributed by atoms with van der Waals surface area (Å²) >= 11 is 0. The minimum absolute atomic E-state index is 0.149. The van der Waals surface area contributed by atoms with Gasteiger partial charge in [-0.1, -0.05) is 95.6 Å². The Bertz CT molecular complexity index is 5500. The minimum atomic E-state index is -3.80. The van der Waals surface area contributed by atoms with Gasteiger partial charge in [-0.05, 0) is 342 Å². The van der Waals surface area contributed by atoms with Crippen molar-refractivity contribution in [1.82, 2.24) is 0 Å². The molecular formula is C106H124N3O20PS2. The van der Waals surface area contributed by atoms with Crippen LogP contribution in [-0.2, 0) is 38.6 Å². The lowest BCUT2D eigenvalue weighted by Crippen LogP contribution is -2.28. The van der Waals surface area contributed by atoms with Crippen molar-refractivity contribution in [3.63, 3.8) is 0 Å². The second-order valence-corrected chi connectivity index (χ2v) is 38.1. The summed E-state index contributed by atoms with van der Waals surface area (Å²) in [6.07, 6.45) is 22.0. The molecule has 0 saturated heterocycles. The standard InChI is InChI=1S/C106H124N3O20PS2/c1-6-7-8-10-21-62-121-92-47-54-98(55-48-92)131(114,115)99-56-49-93(50-57-99)123-66-25-16-18-29-71-128-104(112)86-73-87(77-97(76-86)126-69-28-14-12-23-64-119-90-43-37-83(38-44-90)82-35-33-81(78-107)34-36-82)105(113)129-106(3,4)61-20-9-11-22-63-122-94-51-58-100(59-52-94)132(116,117)101-60-53-95(79-130-101)124-67-26-17-19-30-70-127-103(111)85-72-84(102(110)118-5)74-96(75-85)125-68-27-15-13-24-65-120-91-45-41-89(42-46-91)109-108-88-39-31-80(2)32-40-88/h31-60,72-77,79H,6-30,61-71H2,1-5H3. The maximum atomic E-state index is 14.0. The van der Waals surface area contributed by atoms with Crippen LogP contribution in [0, 0.1) is 18.3 Å². The number of rotatable bonds is 61. The zero-order chi connectivity index (χ0) is 93.4. The highest BCUT2D eigenvalue weighted by Gasteiger charge is 2.27. The number of methoxy groups -OCH3 is 1. The van der Waals surface area contributed by atoms with E-state index in [4.69, 9.17) is 62.1 Å². The monoisotopic (exact) mass is 1850 g/mol. The molecule has 10 rings (SSSR count). The molecule has 23 nitrogen and oxygen atoms in total. The Kier molecular flexibility index (Phi) is 42.7. The van der Waals surface area contributed by atoms with E-state index in [2.05, 4.69) is 23.2 Å². The Morgan fingerprint density at radius 1 is 0.341 bits per heavy atom. The number of sulfone groups is 2. The predicted molar refractivity (Wildman–Crippen MR) is 512 cm³/mol. The number of esters is 4. The van der Waals surface area contributed by atoms with Crippen molar-refractivity contribution >= 4 is 63.1 Å². The normalized spacial score (nSPS) is 11.5. The molecule has 0 aliphatic rings. The van der Waals surface area contributed by atoms with Gasteiger partial charge in [-0.3, -0.25) is 0 Å². The molecule has 0 radical (unpaired) electrons. The molecule has 9 aromatic carbocycles. The number of carbonyl (C=O) groups excluding carboxylic acids is 4. The van der Waals surface area contributed by atoms with Crippen LogP contribution in [0.1, 0.15) is 240 Å². The van der Waals surface area contributed by atoms with Crippen molar-refractivity contribution in [2.75, 3.05) is 73.2 Å². The zero-order valence-electron chi connectivity index (χ0n) is 76.6. The van der Waals surface area contributed by atoms with E-state index in [-0.39, 0.29) is 54.8 Å². The molecule has 0 spiro atoms. The second-order valence-electron chi connectivity index (χ2n) is 32.9. The molecule has 0 saturated carbocycles. The lowest BCUT2D eigenvalue weighted by Gasteiger charge is -2.25. The molecule has 0 atom stereocenters. The van der Waals surface area contributed by atoms with Crippen LogP contribution in [0.2, 0.25) is 0 Å². The second kappa shape index (κ2) is 55.3. The number of nitrogens with zero attached hydrogens (tertiary/aromatic N) is 3. The van der Waals surface area contributed by atoms with E-state index in [9.17, 15) is 36.0 Å². The van der Waals surface area contributed by atoms with Crippen molar-refractivity contribution in [2.24, 2.45) is 10.2 Å². The van der Waals surface area contributed by atoms with E-state index in [0.29, 0.717) is 120 Å². The highest BCUT2D eigenvalue weighted by atomic mass is 32.2. The minimum Gasteiger partial charge on any atom is -0.494 e. The maximum absolute atomic E-state index is 14.0. The van der Waals surface area contributed by atoms with Crippen molar-refractivity contribution in [3.8, 4) is 63.2 Å². The highest BCUT2D eigenvalue weighted by Crippen LogP contribution is 2.35. The number of unbranched alkanes of at least 4 members (excludes halogenated alkanes) is 19. The number of carbonyl (C=O) groups is 4. The quantitative estimate of drug-likeness (QED) is 0.0148. The molecule has 0 bridgehead atoms. The van der Waals surface area contributed by atoms with Gasteiger partial charge in [0, 0.05) is 5.80 Å². The third kappa shape index (κ3) is 35.5. The Labute approximate surface area is 780 Å². The third-order valence-corrected chi connectivity index (χ3v) is 26.9. The number of hydrogen-bond acceptors (Lipinski definition) is 23. The van der Waals surface area contributed by atoms with E-state index in [1.54, 1.807) is 127 Å². The highest BCUT2D eigenvalue weighted by molar-refractivity contribution is 7.94. The van der Waals surface area contributed by atoms with Crippen LogP contribution >= 0.6 is 8.19 Å². The molecule has 1 aromatic heterocycles. The summed E-state index contributed by atoms with van der Waals surface area (Å²) in [6.45, 7) is 12.0. The number of nitriles is 1. The van der Waals surface area contributed by atoms with Crippen molar-refractivity contribution in [3.05, 3.63) is 258 Å². The summed E-state index contributed by atoms with van der Waals surface area (Å²) in [6, 6.07) is 64.7. The lowest BCUT2D eigenvalue weighted by atomic mass is 9.99. The van der Waals surface area contributed by atoms with Crippen LogP contribution in [0.5, 0.6) is 46.0 Å². The first kappa shape index (κ1) is 102. The molecule has 0 aliphatic carbocycles. The van der Waals surface area contributed by atoms with Gasteiger partial charge < -0.3 is 56.8 Å². The van der Waals surface area contributed by atoms with Gasteiger partial charge in [-0.2, -0.15) is 15.5 Å². The molecule has 0 N–H and O–H groups in total. The molecular weight excluding hydrogens is 1730 g/mol. The van der Waals surface area contributed by atoms with Gasteiger partial charge in [0.05, 0.1) is 138 Å². The van der Waals surface area contributed by atoms with Crippen LogP contribution in [0.15, 0.2) is 254 Å². The molecule has 0 aliphatic heterocycles. The average Bonchev–Trinajstić information content (AvgIpc) is 0.797. The largest absolute Gasteiger partial charge is 0.494 e. The Balaban J connectivity index is 0.585. The van der Waals surface area contributed by atoms with Gasteiger partial charge in [-0.25, -0.2) is 36.0 Å². The summed E-state index contributed by atoms with van der Waals surface area (Å²) in [7, 11) is -5.79. The van der Waals surface area contributed by atoms with E-state index in [0.717, 1.165) is 162 Å². The number of hydrogen-bond donors (Lipinski definition) is 0. The number of benzene rings is 9. The van der Waals surface area contributed by atoms with Gasteiger partial charge in [0.25, 0.3) is 0 Å². The summed E-state index contributed by atoms with van der Waals surface area (Å²) in [5, 5.41) is 17.7. The summed E-state index contributed by atoms with van der Waals surface area (Å²) in [5.74, 6) is 3.95. The van der Waals surface area contributed by atoms with Crippen molar-refractivity contribution in [2.45, 2.75) is 220 Å². The third-order valence-electron chi connectivity index (χ3n) is 21.7. The van der Waals surface area contributed by atoms with Crippen LogP contribution in [-0.4, -0.2) is 119 Å². The fraction of sp³-hybridized carbons (Fsp3) is 0.396. The first-order valence-electron chi connectivity index (χ1n) is 46.1. The van der Waals surface area contributed by atoms with E-state index in [1.807, 2.05) is 106 Å². The van der Waals surface area contributed by atoms with Crippen molar-refractivity contribution in [1.29, 1.82) is 5.26 Å². The Morgan fingerprint density at radius 2 is 0.652 bits per heavy atom. The van der Waals surface area contributed by atoms with E-state index in [1.165, 1.54) is 44.1 Å². The smallest absolute Gasteiger partial charge is 0.338 e. The molecule has 700 valence electrons. The van der Waals surface area contributed by atoms with E-state index < -0.39 is 49.2 Å². The zero-order valence-corrected chi connectivity index (χ0v) is 79.1. The van der Waals surface area contributed by atoms with Crippen LogP contribution in [0.4, 0.5) is 11.4 Å². The molecule has 0 amide bonds. The van der Waals surface area contributed by atoms with E-state index >= 15 is 0 Å². The SMILES string of the molecule is CCCCCCCOc1ccc(S(=O)(=O)c2ccc(OCCCCCCOC(=O)c3cc(OCCCCCCOc4ccc(-c5ccc(C#N)cc5)cc4)cc(C(=O)OC(C)(C)CCCCCCOc4ccc(S(=O)(=O)c5ccc(OCCCCCCOC(=O)c6cc(OCCCCCCOc7ccc(N=Nc8ccc(C)cc8)cc7)cc(C(=O)OC)c6)cp5)cc4)c3)cc2)cc1. The van der Waals surface area contributed by atoms with Crippen molar-refractivity contribution < 1.29 is 92.9 Å². The molecule has 132 heavy (non-hydrogen) atoms. The summed E-state index contributed by atoms with van der Waals surface area (Å²) in [4.78, 5) is 54.0. The van der Waals surface area contributed by atoms with Gasteiger partial charge >= 0.3 is 23.9 Å². The number of ether oxygens (including phenoxy) is 12. The van der Waals surface area contributed by atoms with Crippen LogP contribution < -0.4 is 37.9 Å². The lowest BCUT2D eigenvalue weighted by molar-refractivity contribution is -0.00562. The molecule has 10 aromatic rings. The predicted octanol–water partition coefficient (Wildman–Crippen LogP) is 25.9. The first-order valence-corrected chi connectivity index (χ1v) is 50.0. The maximum Gasteiger partial charge on any atom is 0.338 e. The fourth-order valence-corrected chi connectivity index (χ4v) is 18.0. The number of azo groups is 1. The summed E-state index contributed by atoms with van der Waals surface area (Å²) in [5.41, 5.74) is 5.21. The average molecular weight is 1860 g/mol. The van der Waals surface area contributed by atoms with Gasteiger partial charge in [0.1, 0.15) is 51.6 Å². The first-order chi connectivity index (χ1) is 64.1. The Hall–Kier alpha value is -12.1.